The number of amides is 1. The molecule has 0 radical (unpaired) electrons. The number of hydrogen-bond acceptors (Lipinski definition) is 3. The molecule has 0 fully saturated rings. The monoisotopic (exact) mass is 222 g/mol. The number of carbonyl (C=O) groups is 1. The molecule has 0 bridgehead atoms. The van der Waals surface area contributed by atoms with Gasteiger partial charge in [0, 0.05) is 14.1 Å². The largest absolute Gasteiger partial charge is 1.00 e. The topological polar surface area (TPSA) is 42.4 Å². The predicted octanol–water partition coefficient (Wildman–Crippen LogP) is -0.901. The van der Waals surface area contributed by atoms with Crippen LogP contribution < -0.4 is 23.6 Å². The van der Waals surface area contributed by atoms with Crippen molar-refractivity contribution in [1.82, 2.24) is 9.88 Å². The molecule has 0 aliphatic carbocycles. The zero-order chi connectivity index (χ0) is 11.5. The van der Waals surface area contributed by atoms with Gasteiger partial charge in [-0.1, -0.05) is 6.20 Å². The second-order valence-corrected chi connectivity index (χ2v) is 3.55. The first-order valence-electron chi connectivity index (χ1n) is 4.82. The summed E-state index contributed by atoms with van der Waals surface area (Å²) in [5.74, 6) is 0.491. The van der Waals surface area contributed by atoms with E-state index >= 15 is 0 Å². The van der Waals surface area contributed by atoms with Crippen molar-refractivity contribution in [2.45, 2.75) is 0 Å². The standard InChI is InChI=1S/C12H11N2O2.Li/c1-14(2)12(15)16-10-6-5-9-4-3-7-13-11(9)8-10;/h4-8H,1-2H3;/q-1;+1. The number of rotatable bonds is 1. The molecule has 1 aromatic carbocycles. The second kappa shape index (κ2) is 5.72. The normalized spacial score (nSPS) is 9.53. The molecule has 0 aliphatic heterocycles. The average Bonchev–Trinajstić information content (AvgIpc) is 2.28. The molecule has 17 heavy (non-hydrogen) atoms. The second-order valence-electron chi connectivity index (χ2n) is 3.55. The number of hydrogen-bond donors (Lipinski definition) is 0. The van der Waals surface area contributed by atoms with Gasteiger partial charge >= 0.3 is 25.0 Å². The zero-order valence-electron chi connectivity index (χ0n) is 10.1. The number of benzene rings is 1. The van der Waals surface area contributed by atoms with Gasteiger partial charge in [-0.25, -0.2) is 16.9 Å². The minimum Gasteiger partial charge on any atom is -0.410 e. The van der Waals surface area contributed by atoms with Crippen molar-refractivity contribution in [3.8, 4) is 5.75 Å². The van der Waals surface area contributed by atoms with Gasteiger partial charge in [0.2, 0.25) is 0 Å². The molecule has 1 heterocycles. The van der Waals surface area contributed by atoms with E-state index in [1.165, 1.54) is 4.90 Å². The van der Waals surface area contributed by atoms with Crippen molar-refractivity contribution < 1.29 is 28.4 Å². The summed E-state index contributed by atoms with van der Waals surface area (Å²) in [6.45, 7) is 0. The average molecular weight is 222 g/mol. The number of nitrogens with zero attached hydrogens (tertiary/aromatic N) is 2. The number of pyridine rings is 1. The van der Waals surface area contributed by atoms with Crippen LogP contribution in [0.4, 0.5) is 4.79 Å². The molecule has 1 amide bonds. The van der Waals surface area contributed by atoms with E-state index < -0.39 is 6.09 Å². The molecule has 4 nitrogen and oxygen atoms in total. The van der Waals surface area contributed by atoms with Crippen molar-refractivity contribution in [3.63, 3.8) is 0 Å². The molecule has 2 aromatic rings. The molecule has 0 unspecified atom stereocenters. The van der Waals surface area contributed by atoms with Gasteiger partial charge in [0.1, 0.15) is 5.75 Å². The summed E-state index contributed by atoms with van der Waals surface area (Å²) in [7, 11) is 3.27. The maximum absolute atomic E-state index is 11.3. The first-order valence-corrected chi connectivity index (χ1v) is 4.82. The van der Waals surface area contributed by atoms with Crippen molar-refractivity contribution in [2.24, 2.45) is 0 Å². The molecule has 5 heteroatoms. The van der Waals surface area contributed by atoms with Gasteiger partial charge in [-0.05, 0) is 17.6 Å². The molecule has 1 aromatic heterocycles. The van der Waals surface area contributed by atoms with Crippen LogP contribution in [0.5, 0.6) is 5.75 Å². The molecule has 2 rings (SSSR count). The third-order valence-corrected chi connectivity index (χ3v) is 2.09. The first-order chi connectivity index (χ1) is 7.66. The van der Waals surface area contributed by atoms with Gasteiger partial charge in [-0.15, -0.1) is 11.5 Å². The molecular weight excluding hydrogens is 211 g/mol. The summed E-state index contributed by atoms with van der Waals surface area (Å²) in [6, 6.07) is 10.0. The minimum atomic E-state index is -0.401. The third-order valence-electron chi connectivity index (χ3n) is 2.09. The fraction of sp³-hybridized carbons (Fsp3) is 0.167. The van der Waals surface area contributed by atoms with Crippen LogP contribution >= 0.6 is 0 Å². The number of fused-ring (bicyclic) bond motifs is 1. The molecule has 0 spiro atoms. The fourth-order valence-corrected chi connectivity index (χ4v) is 1.25. The van der Waals surface area contributed by atoms with E-state index in [-0.39, 0.29) is 18.9 Å². The maximum atomic E-state index is 11.3. The third kappa shape index (κ3) is 3.22. The summed E-state index contributed by atoms with van der Waals surface area (Å²) < 4.78 is 5.12. The van der Waals surface area contributed by atoms with E-state index in [0.29, 0.717) is 5.75 Å². The van der Waals surface area contributed by atoms with E-state index in [1.54, 1.807) is 32.4 Å². The number of carbonyl (C=O) groups excluding carboxylic acids is 1. The van der Waals surface area contributed by atoms with Crippen LogP contribution in [0.15, 0.2) is 30.5 Å². The van der Waals surface area contributed by atoms with Gasteiger partial charge < -0.3 is 9.64 Å². The quantitative estimate of drug-likeness (QED) is 0.464. The van der Waals surface area contributed by atoms with Crippen LogP contribution in [0.3, 0.4) is 0 Å². The number of ether oxygens (including phenoxy) is 1. The SMILES string of the molecule is CN(C)C(=O)Oc1ccc2c[c-]cnc2c1.[Li+]. The summed E-state index contributed by atoms with van der Waals surface area (Å²) in [5, 5.41) is 0.965. The van der Waals surface area contributed by atoms with Crippen LogP contribution in [-0.4, -0.2) is 30.1 Å². The minimum absolute atomic E-state index is 0. The maximum Gasteiger partial charge on any atom is 1.00 e. The summed E-state index contributed by atoms with van der Waals surface area (Å²) in [6.07, 6.45) is 1.18. The van der Waals surface area contributed by atoms with Crippen LogP contribution in [0.25, 0.3) is 10.9 Å². The Bertz CT molecular complexity index is 529. The van der Waals surface area contributed by atoms with Crippen molar-refractivity contribution in [1.29, 1.82) is 0 Å². The Morgan fingerprint density at radius 2 is 2.18 bits per heavy atom. The van der Waals surface area contributed by atoms with Crippen LogP contribution in [-0.2, 0) is 0 Å². The Morgan fingerprint density at radius 1 is 1.41 bits per heavy atom. The zero-order valence-corrected chi connectivity index (χ0v) is 10.1. The van der Waals surface area contributed by atoms with E-state index in [1.807, 2.05) is 12.1 Å². The summed E-state index contributed by atoms with van der Waals surface area (Å²) >= 11 is 0. The van der Waals surface area contributed by atoms with E-state index in [4.69, 9.17) is 4.74 Å². The van der Waals surface area contributed by atoms with E-state index in [9.17, 15) is 4.79 Å². The van der Waals surface area contributed by atoms with Gasteiger partial charge in [0.05, 0.1) is 0 Å². The number of aromatic nitrogens is 1. The molecule has 0 aliphatic rings. The smallest absolute Gasteiger partial charge is 0.410 e. The van der Waals surface area contributed by atoms with Gasteiger partial charge in [0.25, 0.3) is 0 Å². The van der Waals surface area contributed by atoms with Gasteiger partial charge in [-0.2, -0.15) is 0 Å². The van der Waals surface area contributed by atoms with Gasteiger partial charge in [-0.3, -0.25) is 4.98 Å². The molecule has 0 N–H and O–H groups in total. The first kappa shape index (κ1) is 13.6. The van der Waals surface area contributed by atoms with Crippen molar-refractivity contribution in [2.75, 3.05) is 14.1 Å². The predicted molar refractivity (Wildman–Crippen MR) is 60.3 cm³/mol. The summed E-state index contributed by atoms with van der Waals surface area (Å²) in [4.78, 5) is 16.8. The van der Waals surface area contributed by atoms with Gasteiger partial charge in [0.15, 0.2) is 0 Å². The molecular formula is C12H11LiN2O2. The molecule has 0 atom stereocenters. The van der Waals surface area contributed by atoms with Crippen LogP contribution in [0.1, 0.15) is 0 Å². The fourth-order valence-electron chi connectivity index (χ4n) is 1.25. The van der Waals surface area contributed by atoms with Crippen molar-refractivity contribution >= 4 is 17.0 Å². The Labute approximate surface area is 112 Å². The van der Waals surface area contributed by atoms with Crippen LogP contribution in [0.2, 0.25) is 0 Å². The Balaban J connectivity index is 0.00000144. The molecule has 0 saturated heterocycles. The Morgan fingerprint density at radius 3 is 2.88 bits per heavy atom. The van der Waals surface area contributed by atoms with E-state index in [2.05, 4.69) is 11.1 Å². The van der Waals surface area contributed by atoms with Crippen molar-refractivity contribution in [3.05, 3.63) is 36.5 Å². The Hall–Kier alpha value is -1.50. The molecule has 82 valence electrons. The molecule has 0 saturated carbocycles. The van der Waals surface area contributed by atoms with Crippen LogP contribution in [0, 0.1) is 6.07 Å². The summed E-state index contributed by atoms with van der Waals surface area (Å²) in [5.41, 5.74) is 0.780. The Kier molecular flexibility index (Phi) is 4.56. The van der Waals surface area contributed by atoms with E-state index in [0.717, 1.165) is 10.9 Å².